The minimum absolute atomic E-state index is 0.190. The maximum absolute atomic E-state index is 13.2. The van der Waals surface area contributed by atoms with Gasteiger partial charge in [-0.05, 0) is 36.8 Å². The van der Waals surface area contributed by atoms with Gasteiger partial charge in [-0.3, -0.25) is 4.79 Å². The standard InChI is InChI=1S/C15H11F4NO/c1-8-10(3-2-4-13(8)20)14(21)9-5-6-12(16)11(7-9)15(17,18)19/h2-7H,20H2,1H3. The lowest BCUT2D eigenvalue weighted by Crippen LogP contribution is -2.12. The summed E-state index contributed by atoms with van der Waals surface area (Å²) in [6.07, 6.45) is -4.86. The molecule has 0 bridgehead atoms. The van der Waals surface area contributed by atoms with Crippen LogP contribution in [0.2, 0.25) is 0 Å². The van der Waals surface area contributed by atoms with Crippen molar-refractivity contribution in [2.75, 3.05) is 5.73 Å². The first-order valence-electron chi connectivity index (χ1n) is 5.98. The summed E-state index contributed by atoms with van der Waals surface area (Å²) in [5.74, 6) is -2.05. The van der Waals surface area contributed by atoms with Crippen molar-refractivity contribution in [1.82, 2.24) is 0 Å². The van der Waals surface area contributed by atoms with Crippen molar-refractivity contribution < 1.29 is 22.4 Å². The Labute approximate surface area is 118 Å². The summed E-state index contributed by atoms with van der Waals surface area (Å²) in [7, 11) is 0. The Morgan fingerprint density at radius 3 is 2.43 bits per heavy atom. The molecular weight excluding hydrogens is 286 g/mol. The second kappa shape index (κ2) is 5.20. The number of nitrogens with two attached hydrogens (primary N) is 1. The van der Waals surface area contributed by atoms with Crippen LogP contribution in [0.3, 0.4) is 0 Å². The van der Waals surface area contributed by atoms with E-state index in [1.54, 1.807) is 13.0 Å². The zero-order chi connectivity index (χ0) is 15.8. The molecule has 21 heavy (non-hydrogen) atoms. The minimum atomic E-state index is -4.86. The number of benzene rings is 2. The van der Waals surface area contributed by atoms with Crippen LogP contribution in [-0.4, -0.2) is 5.78 Å². The molecule has 0 radical (unpaired) electrons. The van der Waals surface area contributed by atoms with Crippen LogP contribution in [0.1, 0.15) is 27.0 Å². The molecule has 110 valence electrons. The van der Waals surface area contributed by atoms with Gasteiger partial charge in [0.15, 0.2) is 5.78 Å². The van der Waals surface area contributed by atoms with Crippen molar-refractivity contribution in [1.29, 1.82) is 0 Å². The highest BCUT2D eigenvalue weighted by atomic mass is 19.4. The number of hydrogen-bond donors (Lipinski definition) is 1. The molecule has 0 saturated carbocycles. The van der Waals surface area contributed by atoms with Crippen LogP contribution in [0.25, 0.3) is 0 Å². The maximum atomic E-state index is 13.2. The van der Waals surface area contributed by atoms with E-state index in [1.165, 1.54) is 12.1 Å². The predicted molar refractivity (Wildman–Crippen MR) is 70.4 cm³/mol. The first-order valence-corrected chi connectivity index (χ1v) is 5.98. The molecule has 0 fully saturated rings. The fraction of sp³-hybridized carbons (Fsp3) is 0.133. The van der Waals surface area contributed by atoms with Crippen LogP contribution in [0.4, 0.5) is 23.2 Å². The Morgan fingerprint density at radius 1 is 1.14 bits per heavy atom. The van der Waals surface area contributed by atoms with Crippen LogP contribution in [-0.2, 0) is 6.18 Å². The van der Waals surface area contributed by atoms with Crippen molar-refractivity contribution >= 4 is 11.5 Å². The van der Waals surface area contributed by atoms with Gasteiger partial charge in [0.1, 0.15) is 5.82 Å². The van der Waals surface area contributed by atoms with Crippen LogP contribution >= 0.6 is 0 Å². The average molecular weight is 297 g/mol. The minimum Gasteiger partial charge on any atom is -0.398 e. The third kappa shape index (κ3) is 2.89. The molecule has 2 nitrogen and oxygen atoms in total. The molecule has 2 aromatic rings. The summed E-state index contributed by atoms with van der Waals surface area (Å²) in [5, 5.41) is 0. The van der Waals surface area contributed by atoms with E-state index >= 15 is 0 Å². The second-order valence-electron chi connectivity index (χ2n) is 4.54. The monoisotopic (exact) mass is 297 g/mol. The Kier molecular flexibility index (Phi) is 3.72. The number of halogens is 4. The van der Waals surface area contributed by atoms with Gasteiger partial charge in [0.05, 0.1) is 5.56 Å². The lowest BCUT2D eigenvalue weighted by atomic mass is 9.96. The van der Waals surface area contributed by atoms with Gasteiger partial charge < -0.3 is 5.73 Å². The molecule has 0 spiro atoms. The molecule has 0 unspecified atom stereocenters. The van der Waals surface area contributed by atoms with Crippen molar-refractivity contribution in [3.8, 4) is 0 Å². The van der Waals surface area contributed by atoms with E-state index in [0.29, 0.717) is 23.4 Å². The first kappa shape index (κ1) is 15.0. The Bertz CT molecular complexity index is 707. The smallest absolute Gasteiger partial charge is 0.398 e. The Morgan fingerprint density at radius 2 is 1.81 bits per heavy atom. The van der Waals surface area contributed by atoms with E-state index < -0.39 is 23.3 Å². The third-order valence-electron chi connectivity index (χ3n) is 3.15. The lowest BCUT2D eigenvalue weighted by Gasteiger charge is -2.11. The normalized spacial score (nSPS) is 11.5. The van der Waals surface area contributed by atoms with E-state index in [4.69, 9.17) is 5.73 Å². The predicted octanol–water partition coefficient (Wildman–Crippen LogP) is 3.97. The van der Waals surface area contributed by atoms with Crippen LogP contribution < -0.4 is 5.73 Å². The summed E-state index contributed by atoms with van der Waals surface area (Å²) in [5.41, 5.74) is 4.99. The summed E-state index contributed by atoms with van der Waals surface area (Å²) in [6.45, 7) is 1.59. The number of hydrogen-bond acceptors (Lipinski definition) is 2. The second-order valence-corrected chi connectivity index (χ2v) is 4.54. The average Bonchev–Trinajstić information content (AvgIpc) is 2.40. The molecule has 0 amide bonds. The molecule has 0 aliphatic heterocycles. The summed E-state index contributed by atoms with van der Waals surface area (Å²) in [4.78, 5) is 12.3. The zero-order valence-corrected chi connectivity index (χ0v) is 11.0. The highest BCUT2D eigenvalue weighted by Crippen LogP contribution is 2.32. The third-order valence-corrected chi connectivity index (χ3v) is 3.15. The van der Waals surface area contributed by atoms with Gasteiger partial charge in [-0.1, -0.05) is 12.1 Å². The van der Waals surface area contributed by atoms with Gasteiger partial charge in [-0.15, -0.1) is 0 Å². The molecule has 0 aromatic heterocycles. The van der Waals surface area contributed by atoms with Crippen LogP contribution in [0.5, 0.6) is 0 Å². The molecule has 0 atom stereocenters. The quantitative estimate of drug-likeness (QED) is 0.518. The first-order chi connectivity index (χ1) is 9.71. The van der Waals surface area contributed by atoms with Gasteiger partial charge in [-0.25, -0.2) is 4.39 Å². The van der Waals surface area contributed by atoms with Crippen molar-refractivity contribution in [2.45, 2.75) is 13.1 Å². The number of carbonyl (C=O) groups is 1. The van der Waals surface area contributed by atoms with Gasteiger partial charge in [0.2, 0.25) is 0 Å². The largest absolute Gasteiger partial charge is 0.419 e. The number of rotatable bonds is 2. The van der Waals surface area contributed by atoms with Crippen LogP contribution in [0, 0.1) is 12.7 Å². The number of nitrogen functional groups attached to an aromatic ring is 1. The van der Waals surface area contributed by atoms with Gasteiger partial charge in [0, 0.05) is 16.8 Å². The molecule has 2 N–H and O–H groups in total. The molecule has 6 heteroatoms. The fourth-order valence-electron chi connectivity index (χ4n) is 1.94. The highest BCUT2D eigenvalue weighted by Gasteiger charge is 2.34. The van der Waals surface area contributed by atoms with Crippen molar-refractivity contribution in [3.05, 3.63) is 64.5 Å². The van der Waals surface area contributed by atoms with Crippen molar-refractivity contribution in [3.63, 3.8) is 0 Å². The Balaban J connectivity index is 2.52. The molecule has 0 aliphatic rings. The van der Waals surface area contributed by atoms with E-state index in [-0.39, 0.29) is 11.1 Å². The maximum Gasteiger partial charge on any atom is 0.419 e. The van der Waals surface area contributed by atoms with E-state index in [1.807, 2.05) is 0 Å². The van der Waals surface area contributed by atoms with Gasteiger partial charge in [-0.2, -0.15) is 13.2 Å². The molecule has 0 heterocycles. The topological polar surface area (TPSA) is 43.1 Å². The fourth-order valence-corrected chi connectivity index (χ4v) is 1.94. The number of alkyl halides is 3. The summed E-state index contributed by atoms with van der Waals surface area (Å²) < 4.78 is 51.2. The lowest BCUT2D eigenvalue weighted by molar-refractivity contribution is -0.140. The number of anilines is 1. The Hall–Kier alpha value is -2.37. The zero-order valence-electron chi connectivity index (χ0n) is 11.0. The molecule has 0 aliphatic carbocycles. The molecule has 2 rings (SSSR count). The molecule has 2 aromatic carbocycles. The van der Waals surface area contributed by atoms with Gasteiger partial charge in [0.25, 0.3) is 0 Å². The van der Waals surface area contributed by atoms with E-state index in [2.05, 4.69) is 0 Å². The number of ketones is 1. The summed E-state index contributed by atoms with van der Waals surface area (Å²) in [6, 6.07) is 6.75. The number of carbonyl (C=O) groups excluding carboxylic acids is 1. The summed E-state index contributed by atoms with van der Waals surface area (Å²) >= 11 is 0. The SMILES string of the molecule is Cc1c(N)cccc1C(=O)c1ccc(F)c(C(F)(F)F)c1. The van der Waals surface area contributed by atoms with Crippen molar-refractivity contribution in [2.24, 2.45) is 0 Å². The highest BCUT2D eigenvalue weighted by molar-refractivity contribution is 6.10. The van der Waals surface area contributed by atoms with Gasteiger partial charge >= 0.3 is 6.18 Å². The van der Waals surface area contributed by atoms with E-state index in [9.17, 15) is 22.4 Å². The van der Waals surface area contributed by atoms with E-state index in [0.717, 1.165) is 6.07 Å². The molecule has 0 saturated heterocycles. The molecular formula is C15H11F4NO. The van der Waals surface area contributed by atoms with Crippen LogP contribution in [0.15, 0.2) is 36.4 Å².